The van der Waals surface area contributed by atoms with Gasteiger partial charge in [0.2, 0.25) is 5.78 Å². The predicted octanol–water partition coefficient (Wildman–Crippen LogP) is 2.48. The number of carbonyl (C=O) groups excluding carboxylic acids is 2. The van der Waals surface area contributed by atoms with E-state index in [-0.39, 0.29) is 11.8 Å². The maximum Gasteiger partial charge on any atom is 0.288 e. The van der Waals surface area contributed by atoms with Crippen LogP contribution in [0.2, 0.25) is 0 Å². The molecule has 0 saturated heterocycles. The normalized spacial score (nSPS) is 12.9. The highest BCUT2D eigenvalue weighted by atomic mass is 16.2. The van der Waals surface area contributed by atoms with Crippen LogP contribution in [0.15, 0.2) is 30.3 Å². The van der Waals surface area contributed by atoms with Crippen LogP contribution < -0.4 is 5.32 Å². The van der Waals surface area contributed by atoms with Crippen LogP contribution in [0.25, 0.3) is 0 Å². The summed E-state index contributed by atoms with van der Waals surface area (Å²) in [6.07, 6.45) is 0. The smallest absolute Gasteiger partial charge is 0.288 e. The van der Waals surface area contributed by atoms with Crippen molar-refractivity contribution in [3.8, 4) is 0 Å². The van der Waals surface area contributed by atoms with E-state index in [4.69, 9.17) is 0 Å². The maximum absolute atomic E-state index is 11.7. The fraction of sp³-hybridized carbons (Fsp3) is 0.429. The molecule has 1 unspecified atom stereocenters. The summed E-state index contributed by atoms with van der Waals surface area (Å²) < 4.78 is 0. The van der Waals surface area contributed by atoms with Crippen molar-refractivity contribution in [1.82, 2.24) is 5.32 Å². The van der Waals surface area contributed by atoms with E-state index in [2.05, 4.69) is 5.32 Å². The highest BCUT2D eigenvalue weighted by Crippen LogP contribution is 2.16. The minimum absolute atomic E-state index is 0.157. The number of hydrogen-bond donors (Lipinski definition) is 1. The highest BCUT2D eigenvalue weighted by Gasteiger charge is 2.28. The van der Waals surface area contributed by atoms with Gasteiger partial charge in [0.15, 0.2) is 0 Å². The summed E-state index contributed by atoms with van der Waals surface area (Å²) in [6.45, 7) is 7.08. The van der Waals surface area contributed by atoms with Gasteiger partial charge in [0.25, 0.3) is 5.91 Å². The van der Waals surface area contributed by atoms with Crippen molar-refractivity contribution in [2.75, 3.05) is 0 Å². The molecule has 1 atom stereocenters. The molecule has 3 nitrogen and oxygen atoms in total. The maximum atomic E-state index is 11.7. The van der Waals surface area contributed by atoms with Crippen molar-refractivity contribution in [3.05, 3.63) is 35.9 Å². The molecule has 0 saturated carbocycles. The van der Waals surface area contributed by atoms with Crippen LogP contribution in [0.4, 0.5) is 0 Å². The van der Waals surface area contributed by atoms with Gasteiger partial charge in [-0.1, -0.05) is 51.1 Å². The third-order valence-electron chi connectivity index (χ3n) is 2.53. The van der Waals surface area contributed by atoms with Gasteiger partial charge in [-0.15, -0.1) is 0 Å². The molecule has 1 rings (SSSR count). The second-order valence-electron chi connectivity index (χ2n) is 5.18. The fourth-order valence-corrected chi connectivity index (χ4v) is 1.43. The Bertz CT molecular complexity index is 404. The van der Waals surface area contributed by atoms with Crippen molar-refractivity contribution >= 4 is 11.7 Å². The van der Waals surface area contributed by atoms with Gasteiger partial charge in [-0.3, -0.25) is 9.59 Å². The second kappa shape index (κ2) is 5.13. The number of ketones is 1. The Kier molecular flexibility index (Phi) is 4.05. The van der Waals surface area contributed by atoms with E-state index in [9.17, 15) is 9.59 Å². The average molecular weight is 233 g/mol. The molecule has 0 bridgehead atoms. The number of amides is 1. The van der Waals surface area contributed by atoms with Gasteiger partial charge in [-0.25, -0.2) is 0 Å². The molecule has 17 heavy (non-hydrogen) atoms. The standard InChI is InChI=1S/C14H19NO2/c1-10(11-8-6-5-7-9-11)15-13(17)12(16)14(2,3)4/h5-10H,1-4H3,(H,15,17). The van der Waals surface area contributed by atoms with Gasteiger partial charge in [-0.05, 0) is 12.5 Å². The van der Waals surface area contributed by atoms with Gasteiger partial charge in [0, 0.05) is 5.41 Å². The molecule has 1 amide bonds. The van der Waals surface area contributed by atoms with Gasteiger partial charge in [0.05, 0.1) is 6.04 Å². The summed E-state index contributed by atoms with van der Waals surface area (Å²) in [4.78, 5) is 23.4. The summed E-state index contributed by atoms with van der Waals surface area (Å²) in [6, 6.07) is 9.42. The van der Waals surface area contributed by atoms with E-state index in [1.807, 2.05) is 37.3 Å². The van der Waals surface area contributed by atoms with E-state index < -0.39 is 11.3 Å². The Balaban J connectivity index is 2.68. The van der Waals surface area contributed by atoms with Gasteiger partial charge < -0.3 is 5.32 Å². The lowest BCUT2D eigenvalue weighted by Gasteiger charge is -2.19. The van der Waals surface area contributed by atoms with Crippen LogP contribution in [0.1, 0.15) is 39.3 Å². The Morgan fingerprint density at radius 3 is 2.12 bits per heavy atom. The van der Waals surface area contributed by atoms with E-state index in [0.29, 0.717) is 0 Å². The van der Waals surface area contributed by atoms with Crippen molar-refractivity contribution in [3.63, 3.8) is 0 Å². The van der Waals surface area contributed by atoms with Crippen molar-refractivity contribution in [2.45, 2.75) is 33.7 Å². The predicted molar refractivity (Wildman–Crippen MR) is 67.5 cm³/mol. The largest absolute Gasteiger partial charge is 0.343 e. The Morgan fingerprint density at radius 2 is 1.65 bits per heavy atom. The summed E-state index contributed by atoms with van der Waals surface area (Å²) >= 11 is 0. The minimum atomic E-state index is -0.638. The third-order valence-corrected chi connectivity index (χ3v) is 2.53. The topological polar surface area (TPSA) is 46.2 Å². The molecule has 1 aromatic rings. The van der Waals surface area contributed by atoms with Gasteiger partial charge in [-0.2, -0.15) is 0 Å². The first-order valence-corrected chi connectivity index (χ1v) is 5.72. The van der Waals surface area contributed by atoms with E-state index >= 15 is 0 Å². The monoisotopic (exact) mass is 233 g/mol. The zero-order chi connectivity index (χ0) is 13.1. The molecule has 3 heteroatoms. The lowest BCUT2D eigenvalue weighted by Crippen LogP contribution is -2.39. The molecule has 0 heterocycles. The van der Waals surface area contributed by atoms with Gasteiger partial charge >= 0.3 is 0 Å². The van der Waals surface area contributed by atoms with Crippen LogP contribution in [0.5, 0.6) is 0 Å². The highest BCUT2D eigenvalue weighted by molar-refractivity contribution is 6.37. The molecule has 0 fully saturated rings. The van der Waals surface area contributed by atoms with Crippen LogP contribution in [-0.4, -0.2) is 11.7 Å². The Labute approximate surface area is 102 Å². The second-order valence-corrected chi connectivity index (χ2v) is 5.18. The van der Waals surface area contributed by atoms with Crippen LogP contribution in [0, 0.1) is 5.41 Å². The van der Waals surface area contributed by atoms with Crippen molar-refractivity contribution < 1.29 is 9.59 Å². The number of rotatable bonds is 3. The molecule has 0 aliphatic heterocycles. The summed E-state index contributed by atoms with van der Waals surface area (Å²) in [7, 11) is 0. The van der Waals surface area contributed by atoms with Gasteiger partial charge in [0.1, 0.15) is 0 Å². The summed E-state index contributed by atoms with van der Waals surface area (Å²) in [5.41, 5.74) is 0.350. The molecule has 1 aromatic carbocycles. The number of benzene rings is 1. The molecule has 0 spiro atoms. The Hall–Kier alpha value is -1.64. The van der Waals surface area contributed by atoms with E-state index in [1.165, 1.54) is 0 Å². The minimum Gasteiger partial charge on any atom is -0.343 e. The zero-order valence-electron chi connectivity index (χ0n) is 10.8. The number of Topliss-reactive ketones (excluding diaryl/α,β-unsaturated/α-hetero) is 1. The van der Waals surface area contributed by atoms with Crippen molar-refractivity contribution in [1.29, 1.82) is 0 Å². The third kappa shape index (κ3) is 3.70. The number of hydrogen-bond acceptors (Lipinski definition) is 2. The molecular formula is C14H19NO2. The average Bonchev–Trinajstić information content (AvgIpc) is 2.27. The summed E-state index contributed by atoms with van der Waals surface area (Å²) in [5.74, 6) is -0.908. The lowest BCUT2D eigenvalue weighted by molar-refractivity contribution is -0.142. The zero-order valence-corrected chi connectivity index (χ0v) is 10.8. The SMILES string of the molecule is CC(NC(=O)C(=O)C(C)(C)C)c1ccccc1. The van der Waals surface area contributed by atoms with E-state index in [1.54, 1.807) is 20.8 Å². The molecular weight excluding hydrogens is 214 g/mol. The first-order chi connectivity index (χ1) is 7.82. The summed E-state index contributed by atoms with van der Waals surface area (Å²) in [5, 5.41) is 2.71. The number of carbonyl (C=O) groups is 2. The van der Waals surface area contributed by atoms with Crippen LogP contribution >= 0.6 is 0 Å². The first-order valence-electron chi connectivity index (χ1n) is 5.72. The van der Waals surface area contributed by atoms with Crippen LogP contribution in [-0.2, 0) is 9.59 Å². The van der Waals surface area contributed by atoms with E-state index in [0.717, 1.165) is 5.56 Å². The molecule has 0 radical (unpaired) electrons. The van der Waals surface area contributed by atoms with Crippen molar-refractivity contribution in [2.24, 2.45) is 5.41 Å². The Morgan fingerprint density at radius 1 is 1.12 bits per heavy atom. The molecule has 92 valence electrons. The quantitative estimate of drug-likeness (QED) is 0.815. The number of nitrogens with one attached hydrogen (secondary N) is 1. The molecule has 0 aliphatic rings. The fourth-order valence-electron chi connectivity index (χ4n) is 1.43. The molecule has 0 aliphatic carbocycles. The first kappa shape index (κ1) is 13.4. The molecule has 0 aromatic heterocycles. The molecule has 1 N–H and O–H groups in total. The van der Waals surface area contributed by atoms with Crippen LogP contribution in [0.3, 0.4) is 0 Å². The lowest BCUT2D eigenvalue weighted by atomic mass is 9.90.